The van der Waals surface area contributed by atoms with Crippen molar-refractivity contribution < 1.29 is 4.79 Å². The fourth-order valence-corrected chi connectivity index (χ4v) is 3.84. The molecule has 3 rings (SSSR count). The minimum Gasteiger partial charge on any atom is -0.346 e. The van der Waals surface area contributed by atoms with Crippen LogP contribution in [-0.2, 0) is 12.3 Å². The first-order chi connectivity index (χ1) is 11.7. The molecule has 0 atom stereocenters. The summed E-state index contributed by atoms with van der Waals surface area (Å²) in [7, 11) is 0. The Kier molecular flexibility index (Phi) is 6.01. The smallest absolute Gasteiger partial charge is 0.282 e. The largest absolute Gasteiger partial charge is 0.346 e. The second-order valence-corrected chi connectivity index (χ2v) is 7.94. The van der Waals surface area contributed by atoms with E-state index in [0.29, 0.717) is 17.3 Å². The molecule has 0 radical (unpaired) electrons. The normalized spacial score (nSPS) is 10.5. The standard InChI is InChI=1S/C17H14BrN3OS2/c18-13-6-8-14(9-7-13)23-11-15-20-21-17(24-15)16(22)19-10-12-4-2-1-3-5-12/h1-9H,10-11H2,(H,19,22). The number of halogens is 1. The maximum absolute atomic E-state index is 12.1. The van der Waals surface area contributed by atoms with E-state index in [1.807, 2.05) is 54.6 Å². The molecule has 0 fully saturated rings. The third-order valence-corrected chi connectivity index (χ3v) is 5.79. The number of carbonyl (C=O) groups excluding carboxylic acids is 1. The van der Waals surface area contributed by atoms with Gasteiger partial charge in [0, 0.05) is 15.9 Å². The number of hydrogen-bond acceptors (Lipinski definition) is 5. The van der Waals surface area contributed by atoms with Crippen LogP contribution in [0.5, 0.6) is 0 Å². The lowest BCUT2D eigenvalue weighted by Gasteiger charge is -2.02. The molecular formula is C17H14BrN3OS2. The van der Waals surface area contributed by atoms with Crippen molar-refractivity contribution in [3.8, 4) is 0 Å². The summed E-state index contributed by atoms with van der Waals surface area (Å²) >= 11 is 6.43. The van der Waals surface area contributed by atoms with Crippen molar-refractivity contribution in [3.05, 3.63) is 74.6 Å². The van der Waals surface area contributed by atoms with Crippen molar-refractivity contribution in [1.82, 2.24) is 15.5 Å². The average Bonchev–Trinajstić information content (AvgIpc) is 3.09. The maximum Gasteiger partial charge on any atom is 0.282 e. The molecule has 0 bridgehead atoms. The van der Waals surface area contributed by atoms with Gasteiger partial charge in [-0.05, 0) is 29.8 Å². The minimum atomic E-state index is -0.184. The van der Waals surface area contributed by atoms with Gasteiger partial charge in [-0.25, -0.2) is 0 Å². The number of thioether (sulfide) groups is 1. The van der Waals surface area contributed by atoms with Crippen molar-refractivity contribution in [3.63, 3.8) is 0 Å². The molecular weight excluding hydrogens is 406 g/mol. The number of hydrogen-bond donors (Lipinski definition) is 1. The second kappa shape index (κ2) is 8.41. The van der Waals surface area contributed by atoms with E-state index in [-0.39, 0.29) is 5.91 Å². The predicted molar refractivity (Wildman–Crippen MR) is 101 cm³/mol. The minimum absolute atomic E-state index is 0.184. The third-order valence-electron chi connectivity index (χ3n) is 3.13. The summed E-state index contributed by atoms with van der Waals surface area (Å²) in [6.07, 6.45) is 0. The number of rotatable bonds is 6. The van der Waals surface area contributed by atoms with Crippen LogP contribution in [0.2, 0.25) is 0 Å². The molecule has 1 amide bonds. The summed E-state index contributed by atoms with van der Waals surface area (Å²) in [5, 5.41) is 12.2. The molecule has 1 heterocycles. The molecule has 1 aromatic heterocycles. The van der Waals surface area contributed by atoms with Crippen molar-refractivity contribution in [2.75, 3.05) is 0 Å². The van der Waals surface area contributed by atoms with Gasteiger partial charge < -0.3 is 5.32 Å². The lowest BCUT2D eigenvalue weighted by molar-refractivity contribution is 0.0950. The van der Waals surface area contributed by atoms with Crippen LogP contribution < -0.4 is 5.32 Å². The number of amides is 1. The van der Waals surface area contributed by atoms with E-state index >= 15 is 0 Å². The van der Waals surface area contributed by atoms with E-state index in [0.717, 1.165) is 19.9 Å². The Morgan fingerprint density at radius 3 is 2.58 bits per heavy atom. The van der Waals surface area contributed by atoms with Gasteiger partial charge in [0.1, 0.15) is 5.01 Å². The number of carbonyl (C=O) groups is 1. The molecule has 0 aliphatic carbocycles. The highest BCUT2D eigenvalue weighted by Gasteiger charge is 2.12. The number of nitrogens with zero attached hydrogens (tertiary/aromatic N) is 2. The van der Waals surface area contributed by atoms with Gasteiger partial charge in [-0.3, -0.25) is 4.79 Å². The second-order valence-electron chi connectivity index (χ2n) is 4.91. The lowest BCUT2D eigenvalue weighted by Crippen LogP contribution is -2.22. The third kappa shape index (κ3) is 4.90. The number of aromatic nitrogens is 2. The molecule has 0 aliphatic rings. The Morgan fingerprint density at radius 2 is 1.83 bits per heavy atom. The Morgan fingerprint density at radius 1 is 1.08 bits per heavy atom. The highest BCUT2D eigenvalue weighted by Crippen LogP contribution is 2.25. The van der Waals surface area contributed by atoms with E-state index in [2.05, 4.69) is 31.4 Å². The maximum atomic E-state index is 12.1. The molecule has 0 saturated heterocycles. The Labute approximate surface area is 156 Å². The van der Waals surface area contributed by atoms with Crippen LogP contribution in [0.25, 0.3) is 0 Å². The molecule has 24 heavy (non-hydrogen) atoms. The van der Waals surface area contributed by atoms with Gasteiger partial charge in [-0.15, -0.1) is 22.0 Å². The van der Waals surface area contributed by atoms with Crippen LogP contribution in [0.1, 0.15) is 20.4 Å². The van der Waals surface area contributed by atoms with Crippen LogP contribution in [-0.4, -0.2) is 16.1 Å². The Balaban J connectivity index is 1.52. The molecule has 3 aromatic rings. The van der Waals surface area contributed by atoms with Gasteiger partial charge in [0.2, 0.25) is 5.01 Å². The Hall–Kier alpha value is -1.70. The van der Waals surface area contributed by atoms with E-state index in [1.54, 1.807) is 11.8 Å². The summed E-state index contributed by atoms with van der Waals surface area (Å²) in [5.74, 6) is 0.516. The summed E-state index contributed by atoms with van der Waals surface area (Å²) in [6.45, 7) is 0.488. The van der Waals surface area contributed by atoms with Crippen molar-refractivity contribution in [2.24, 2.45) is 0 Å². The van der Waals surface area contributed by atoms with Crippen molar-refractivity contribution >= 4 is 44.9 Å². The first kappa shape index (κ1) is 17.1. The molecule has 7 heteroatoms. The topological polar surface area (TPSA) is 54.9 Å². The van der Waals surface area contributed by atoms with E-state index in [4.69, 9.17) is 0 Å². The fourth-order valence-electron chi connectivity index (χ4n) is 1.93. The summed E-state index contributed by atoms with van der Waals surface area (Å²) in [4.78, 5) is 13.3. The number of nitrogens with one attached hydrogen (secondary N) is 1. The quantitative estimate of drug-likeness (QED) is 0.596. The molecule has 0 aliphatic heterocycles. The average molecular weight is 420 g/mol. The summed E-state index contributed by atoms with van der Waals surface area (Å²) < 4.78 is 1.06. The van der Waals surface area contributed by atoms with Crippen LogP contribution in [0.15, 0.2) is 64.0 Å². The Bertz CT molecular complexity index is 806. The first-order valence-electron chi connectivity index (χ1n) is 7.23. The fraction of sp³-hybridized carbons (Fsp3) is 0.118. The van der Waals surface area contributed by atoms with Gasteiger partial charge >= 0.3 is 0 Å². The molecule has 4 nitrogen and oxygen atoms in total. The van der Waals surface area contributed by atoms with E-state index in [1.165, 1.54) is 11.3 Å². The molecule has 122 valence electrons. The van der Waals surface area contributed by atoms with Crippen molar-refractivity contribution in [2.45, 2.75) is 17.2 Å². The van der Waals surface area contributed by atoms with Crippen LogP contribution in [0.3, 0.4) is 0 Å². The zero-order valence-corrected chi connectivity index (χ0v) is 15.8. The zero-order chi connectivity index (χ0) is 16.8. The molecule has 0 unspecified atom stereocenters. The van der Waals surface area contributed by atoms with Gasteiger partial charge in [-0.2, -0.15) is 0 Å². The van der Waals surface area contributed by atoms with Gasteiger partial charge in [0.15, 0.2) is 0 Å². The monoisotopic (exact) mass is 419 g/mol. The van der Waals surface area contributed by atoms with Crippen LogP contribution in [0, 0.1) is 0 Å². The van der Waals surface area contributed by atoms with Gasteiger partial charge in [-0.1, -0.05) is 57.6 Å². The molecule has 2 aromatic carbocycles. The van der Waals surface area contributed by atoms with Crippen molar-refractivity contribution in [1.29, 1.82) is 0 Å². The SMILES string of the molecule is O=C(NCc1ccccc1)c1nnc(CSc2ccc(Br)cc2)s1. The van der Waals surface area contributed by atoms with Crippen LogP contribution >= 0.6 is 39.0 Å². The van der Waals surface area contributed by atoms with Crippen LogP contribution in [0.4, 0.5) is 0 Å². The summed E-state index contributed by atoms with van der Waals surface area (Å²) in [6, 6.07) is 17.9. The molecule has 0 saturated carbocycles. The predicted octanol–water partition coefficient (Wildman–Crippen LogP) is 4.52. The van der Waals surface area contributed by atoms with E-state index in [9.17, 15) is 4.79 Å². The summed E-state index contributed by atoms with van der Waals surface area (Å²) in [5.41, 5.74) is 1.06. The highest BCUT2D eigenvalue weighted by molar-refractivity contribution is 9.10. The highest BCUT2D eigenvalue weighted by atomic mass is 79.9. The lowest BCUT2D eigenvalue weighted by atomic mass is 10.2. The van der Waals surface area contributed by atoms with E-state index < -0.39 is 0 Å². The first-order valence-corrected chi connectivity index (χ1v) is 9.83. The molecule has 0 spiro atoms. The molecule has 1 N–H and O–H groups in total. The van der Waals surface area contributed by atoms with Gasteiger partial charge in [0.05, 0.1) is 5.75 Å². The number of benzene rings is 2. The zero-order valence-electron chi connectivity index (χ0n) is 12.6. The van der Waals surface area contributed by atoms with Gasteiger partial charge in [0.25, 0.3) is 5.91 Å².